The van der Waals surface area contributed by atoms with Gasteiger partial charge in [0.1, 0.15) is 0 Å². The first kappa shape index (κ1) is 18.4. The second kappa shape index (κ2) is 8.76. The Morgan fingerprint density at radius 2 is 2.04 bits per heavy atom. The zero-order valence-corrected chi connectivity index (χ0v) is 15.1. The van der Waals surface area contributed by atoms with Crippen molar-refractivity contribution in [3.8, 4) is 0 Å². The molecular weight excluding hydrogens is 286 g/mol. The van der Waals surface area contributed by atoms with Crippen molar-refractivity contribution in [1.29, 1.82) is 0 Å². The van der Waals surface area contributed by atoms with Gasteiger partial charge in [-0.05, 0) is 56.3 Å². The molecule has 2 N–H and O–H groups in total. The summed E-state index contributed by atoms with van der Waals surface area (Å²) in [7, 11) is 0. The van der Waals surface area contributed by atoms with Crippen LogP contribution in [0, 0.1) is 18.8 Å². The fourth-order valence-electron chi connectivity index (χ4n) is 3.34. The number of aryl methyl sites for hydroxylation is 1. The molecule has 0 radical (unpaired) electrons. The number of aromatic nitrogens is 1. The van der Waals surface area contributed by atoms with Gasteiger partial charge in [0.05, 0.1) is 17.8 Å². The Balaban J connectivity index is 1.85. The van der Waals surface area contributed by atoms with E-state index in [0.29, 0.717) is 12.5 Å². The van der Waals surface area contributed by atoms with Crippen LogP contribution in [0.4, 0.5) is 0 Å². The van der Waals surface area contributed by atoms with E-state index in [4.69, 9.17) is 0 Å². The van der Waals surface area contributed by atoms with Crippen LogP contribution in [-0.2, 0) is 0 Å². The smallest absolute Gasteiger partial charge is 0.0791 e. The van der Waals surface area contributed by atoms with Gasteiger partial charge >= 0.3 is 0 Å². The minimum absolute atomic E-state index is 0.187. The monoisotopic (exact) mass is 319 g/mol. The number of aliphatic hydroxyl groups is 1. The lowest BCUT2D eigenvalue weighted by Gasteiger charge is -2.32. The average molecular weight is 319 g/mol. The van der Waals surface area contributed by atoms with Crippen molar-refractivity contribution in [2.24, 2.45) is 11.8 Å². The molecule has 0 spiro atoms. The van der Waals surface area contributed by atoms with Gasteiger partial charge in [0.15, 0.2) is 0 Å². The summed E-state index contributed by atoms with van der Waals surface area (Å²) in [4.78, 5) is 6.94. The zero-order valence-electron chi connectivity index (χ0n) is 15.1. The average Bonchev–Trinajstić information content (AvgIpc) is 2.51. The molecule has 4 nitrogen and oxygen atoms in total. The highest BCUT2D eigenvalue weighted by atomic mass is 16.3. The fraction of sp³-hybridized carbons (Fsp3) is 0.737. The van der Waals surface area contributed by atoms with Gasteiger partial charge < -0.3 is 15.3 Å². The Labute approximate surface area is 141 Å². The first-order chi connectivity index (χ1) is 11.0. The summed E-state index contributed by atoms with van der Waals surface area (Å²) in [6.07, 6.45) is 4.03. The van der Waals surface area contributed by atoms with Crippen molar-refractivity contribution in [3.63, 3.8) is 0 Å². The van der Waals surface area contributed by atoms with E-state index in [1.807, 2.05) is 12.3 Å². The number of β-amino-alcohol motifs (C(OH)–C–C–N with tert-alkyl or cyclic N) is 1. The van der Waals surface area contributed by atoms with Crippen molar-refractivity contribution in [3.05, 3.63) is 29.6 Å². The molecule has 2 rings (SSSR count). The third-order valence-corrected chi connectivity index (χ3v) is 4.93. The molecule has 1 fully saturated rings. The van der Waals surface area contributed by atoms with Gasteiger partial charge in [-0.2, -0.15) is 0 Å². The fourth-order valence-corrected chi connectivity index (χ4v) is 3.34. The van der Waals surface area contributed by atoms with E-state index in [1.165, 1.54) is 18.4 Å². The van der Waals surface area contributed by atoms with Gasteiger partial charge in [-0.1, -0.05) is 26.8 Å². The predicted octanol–water partition coefficient (Wildman–Crippen LogP) is 2.77. The normalized spacial score (nSPS) is 19.9. The van der Waals surface area contributed by atoms with Crippen LogP contribution in [-0.4, -0.2) is 47.3 Å². The molecular formula is C19H33N3O. The van der Waals surface area contributed by atoms with Gasteiger partial charge in [-0.15, -0.1) is 0 Å². The summed E-state index contributed by atoms with van der Waals surface area (Å²) < 4.78 is 0. The second-order valence-electron chi connectivity index (χ2n) is 7.47. The number of nitrogens with zero attached hydrogens (tertiary/aromatic N) is 2. The summed E-state index contributed by atoms with van der Waals surface area (Å²) in [6.45, 7) is 12.4. The molecule has 1 aliphatic rings. The first-order valence-corrected chi connectivity index (χ1v) is 9.02. The van der Waals surface area contributed by atoms with Gasteiger partial charge in [0.2, 0.25) is 0 Å². The van der Waals surface area contributed by atoms with Crippen LogP contribution in [0.2, 0.25) is 0 Å². The maximum atomic E-state index is 10.4. The highest BCUT2D eigenvalue weighted by Gasteiger charge is 2.22. The minimum Gasteiger partial charge on any atom is -0.390 e. The molecule has 0 aromatic carbocycles. The number of pyridine rings is 1. The molecule has 23 heavy (non-hydrogen) atoms. The molecule has 0 saturated carbocycles. The molecule has 0 bridgehead atoms. The van der Waals surface area contributed by atoms with Crippen LogP contribution in [0.15, 0.2) is 18.3 Å². The van der Waals surface area contributed by atoms with E-state index in [-0.39, 0.29) is 12.1 Å². The van der Waals surface area contributed by atoms with E-state index >= 15 is 0 Å². The number of aliphatic hydroxyl groups excluding tert-OH is 1. The standard InChI is InChI=1S/C19H33N3O/c1-14(2)18(19-16(4)6-5-9-20-19)21-12-17(23)13-22-10-7-15(3)8-11-22/h5-6,9,14-15,17-18,21,23H,7-8,10-13H2,1-4H3. The molecule has 1 aliphatic heterocycles. The van der Waals surface area contributed by atoms with E-state index in [9.17, 15) is 5.11 Å². The van der Waals surface area contributed by atoms with E-state index in [2.05, 4.69) is 49.0 Å². The summed E-state index contributed by atoms with van der Waals surface area (Å²) in [5, 5.41) is 13.9. The van der Waals surface area contributed by atoms with E-state index in [0.717, 1.165) is 31.2 Å². The molecule has 0 aliphatic carbocycles. The number of hydrogen-bond donors (Lipinski definition) is 2. The summed E-state index contributed by atoms with van der Waals surface area (Å²) in [5.74, 6) is 1.27. The largest absolute Gasteiger partial charge is 0.390 e. The summed E-state index contributed by atoms with van der Waals surface area (Å²) in [5.41, 5.74) is 2.31. The van der Waals surface area contributed by atoms with E-state index < -0.39 is 0 Å². The third kappa shape index (κ3) is 5.55. The maximum absolute atomic E-state index is 10.4. The molecule has 0 amide bonds. The van der Waals surface area contributed by atoms with Gasteiger partial charge in [-0.25, -0.2) is 0 Å². The number of rotatable bonds is 7. The first-order valence-electron chi connectivity index (χ1n) is 9.02. The lowest BCUT2D eigenvalue weighted by molar-refractivity contribution is 0.0873. The molecule has 130 valence electrons. The Hall–Kier alpha value is -0.970. The van der Waals surface area contributed by atoms with Crippen LogP contribution in [0.1, 0.15) is 50.9 Å². The third-order valence-electron chi connectivity index (χ3n) is 4.93. The molecule has 1 aromatic heterocycles. The Kier molecular flexibility index (Phi) is 7.00. The Morgan fingerprint density at radius 3 is 2.65 bits per heavy atom. The van der Waals surface area contributed by atoms with Crippen LogP contribution >= 0.6 is 0 Å². The summed E-state index contributed by atoms with van der Waals surface area (Å²) in [6, 6.07) is 4.26. The quantitative estimate of drug-likeness (QED) is 0.811. The molecule has 2 heterocycles. The number of hydrogen-bond acceptors (Lipinski definition) is 4. The van der Waals surface area contributed by atoms with Crippen LogP contribution < -0.4 is 5.32 Å². The number of nitrogens with one attached hydrogen (secondary N) is 1. The van der Waals surface area contributed by atoms with Crippen LogP contribution in [0.25, 0.3) is 0 Å². The minimum atomic E-state index is -0.325. The number of piperidine rings is 1. The molecule has 2 atom stereocenters. The highest BCUT2D eigenvalue weighted by molar-refractivity contribution is 5.21. The lowest BCUT2D eigenvalue weighted by Crippen LogP contribution is -2.43. The topological polar surface area (TPSA) is 48.4 Å². The predicted molar refractivity (Wildman–Crippen MR) is 95.4 cm³/mol. The van der Waals surface area contributed by atoms with Gasteiger partial charge in [0, 0.05) is 19.3 Å². The lowest BCUT2D eigenvalue weighted by atomic mass is 9.97. The van der Waals surface area contributed by atoms with Crippen molar-refractivity contribution in [2.75, 3.05) is 26.2 Å². The SMILES string of the molecule is Cc1cccnc1C(NCC(O)CN1CCC(C)CC1)C(C)C. The molecule has 1 aromatic rings. The number of likely N-dealkylation sites (tertiary alicyclic amines) is 1. The van der Waals surface area contributed by atoms with Crippen LogP contribution in [0.3, 0.4) is 0 Å². The van der Waals surface area contributed by atoms with Crippen LogP contribution in [0.5, 0.6) is 0 Å². The Morgan fingerprint density at radius 1 is 1.35 bits per heavy atom. The molecule has 1 saturated heterocycles. The maximum Gasteiger partial charge on any atom is 0.0791 e. The van der Waals surface area contributed by atoms with Crippen molar-refractivity contribution in [2.45, 2.75) is 52.7 Å². The Bertz CT molecular complexity index is 469. The van der Waals surface area contributed by atoms with Gasteiger partial charge in [0.25, 0.3) is 0 Å². The zero-order chi connectivity index (χ0) is 16.8. The molecule has 2 unspecified atom stereocenters. The summed E-state index contributed by atoms with van der Waals surface area (Å²) >= 11 is 0. The molecule has 4 heteroatoms. The van der Waals surface area contributed by atoms with Gasteiger partial charge in [-0.3, -0.25) is 4.98 Å². The van der Waals surface area contributed by atoms with E-state index in [1.54, 1.807) is 0 Å². The second-order valence-corrected chi connectivity index (χ2v) is 7.47. The highest BCUT2D eigenvalue weighted by Crippen LogP contribution is 2.22. The van der Waals surface area contributed by atoms with Crippen molar-refractivity contribution < 1.29 is 5.11 Å². The van der Waals surface area contributed by atoms with Crippen molar-refractivity contribution in [1.82, 2.24) is 15.2 Å². The van der Waals surface area contributed by atoms with Crippen molar-refractivity contribution >= 4 is 0 Å².